The normalized spacial score (nSPS) is 15.8. The number of amides is 2. The van der Waals surface area contributed by atoms with Gasteiger partial charge in [-0.1, -0.05) is 30.3 Å². The third-order valence-corrected chi connectivity index (χ3v) is 7.01. The number of likely N-dealkylation sites (tertiary alicyclic amines) is 1. The summed E-state index contributed by atoms with van der Waals surface area (Å²) in [5, 5.41) is 13.8. The first kappa shape index (κ1) is 22.4. The molecule has 4 aromatic rings. The van der Waals surface area contributed by atoms with Crippen molar-refractivity contribution in [3.05, 3.63) is 78.0 Å². The van der Waals surface area contributed by atoms with Crippen LogP contribution in [-0.2, 0) is 13.0 Å². The standard InChI is InChI=1S/C28H29N5O3/c34-28(30-23-6-7-24-21(13-23)16-29-32-24)31-25-15-27-26(35-18-36-27)14-22(25)17-33-10-8-20(9-11-33)12-19-4-2-1-3-5-19/h1-7,13-16,20H,8-12,17-18H2,(H,29,32)(H2,30,31,34). The van der Waals surface area contributed by atoms with E-state index < -0.39 is 0 Å². The summed E-state index contributed by atoms with van der Waals surface area (Å²) >= 11 is 0. The predicted octanol–water partition coefficient (Wildman–Crippen LogP) is 5.39. The van der Waals surface area contributed by atoms with Crippen LogP contribution in [0.15, 0.2) is 66.9 Å². The summed E-state index contributed by atoms with van der Waals surface area (Å²) in [5.74, 6) is 2.08. The van der Waals surface area contributed by atoms with Gasteiger partial charge in [-0.15, -0.1) is 0 Å². The highest BCUT2D eigenvalue weighted by Crippen LogP contribution is 2.38. The molecule has 0 saturated carbocycles. The van der Waals surface area contributed by atoms with Crippen molar-refractivity contribution in [3.63, 3.8) is 0 Å². The van der Waals surface area contributed by atoms with Crippen molar-refractivity contribution in [1.82, 2.24) is 15.1 Å². The number of carbonyl (C=O) groups is 1. The summed E-state index contributed by atoms with van der Waals surface area (Å²) in [7, 11) is 0. The number of urea groups is 1. The maximum atomic E-state index is 12.9. The van der Waals surface area contributed by atoms with Gasteiger partial charge < -0.3 is 20.1 Å². The Morgan fingerprint density at radius 3 is 2.64 bits per heavy atom. The predicted molar refractivity (Wildman–Crippen MR) is 139 cm³/mol. The summed E-state index contributed by atoms with van der Waals surface area (Å²) in [6.07, 6.45) is 5.20. The van der Waals surface area contributed by atoms with E-state index in [-0.39, 0.29) is 12.8 Å². The van der Waals surface area contributed by atoms with Gasteiger partial charge in [0, 0.05) is 23.7 Å². The monoisotopic (exact) mass is 483 g/mol. The Bertz CT molecular complexity index is 1360. The molecule has 2 aliphatic rings. The number of fused-ring (bicyclic) bond motifs is 2. The van der Waals surface area contributed by atoms with Crippen LogP contribution < -0.4 is 20.1 Å². The van der Waals surface area contributed by atoms with Crippen molar-refractivity contribution in [2.45, 2.75) is 25.8 Å². The zero-order valence-corrected chi connectivity index (χ0v) is 20.0. The molecule has 36 heavy (non-hydrogen) atoms. The highest BCUT2D eigenvalue weighted by molar-refractivity contribution is 6.01. The number of hydrogen-bond acceptors (Lipinski definition) is 5. The van der Waals surface area contributed by atoms with Gasteiger partial charge in [0.15, 0.2) is 11.5 Å². The highest BCUT2D eigenvalue weighted by atomic mass is 16.7. The number of nitrogens with one attached hydrogen (secondary N) is 3. The average molecular weight is 484 g/mol. The summed E-state index contributed by atoms with van der Waals surface area (Å²) < 4.78 is 11.2. The molecule has 3 aromatic carbocycles. The Morgan fingerprint density at radius 1 is 1.00 bits per heavy atom. The number of carbonyl (C=O) groups excluding carboxylic acids is 1. The summed E-state index contributed by atoms with van der Waals surface area (Å²) in [4.78, 5) is 15.3. The minimum Gasteiger partial charge on any atom is -0.454 e. The van der Waals surface area contributed by atoms with Crippen molar-refractivity contribution in [1.29, 1.82) is 0 Å². The number of aromatic amines is 1. The van der Waals surface area contributed by atoms with Gasteiger partial charge in [-0.05, 0) is 73.7 Å². The molecule has 3 heterocycles. The van der Waals surface area contributed by atoms with E-state index in [2.05, 4.69) is 56.1 Å². The molecule has 8 nitrogen and oxygen atoms in total. The minimum absolute atomic E-state index is 0.194. The first-order valence-electron chi connectivity index (χ1n) is 12.4. The lowest BCUT2D eigenvalue weighted by Crippen LogP contribution is -2.34. The molecule has 8 heteroatoms. The van der Waals surface area contributed by atoms with Crippen LogP contribution in [0.1, 0.15) is 24.0 Å². The number of ether oxygens (including phenoxy) is 2. The third-order valence-electron chi connectivity index (χ3n) is 7.01. The van der Waals surface area contributed by atoms with E-state index in [1.807, 2.05) is 30.3 Å². The molecule has 0 unspecified atom stereocenters. The molecule has 6 rings (SSSR count). The summed E-state index contributed by atoms with van der Waals surface area (Å²) in [6, 6.07) is 19.9. The molecular weight excluding hydrogens is 454 g/mol. The van der Waals surface area contributed by atoms with Crippen LogP contribution in [0.25, 0.3) is 10.9 Å². The van der Waals surface area contributed by atoms with Crippen LogP contribution in [0.3, 0.4) is 0 Å². The number of anilines is 2. The Hall–Kier alpha value is -4.04. The number of aromatic nitrogens is 2. The molecule has 0 aliphatic carbocycles. The molecule has 2 aliphatic heterocycles. The zero-order chi connectivity index (χ0) is 24.3. The van der Waals surface area contributed by atoms with Gasteiger partial charge >= 0.3 is 6.03 Å². The Balaban J connectivity index is 1.12. The molecule has 1 aromatic heterocycles. The lowest BCUT2D eigenvalue weighted by Gasteiger charge is -2.32. The van der Waals surface area contributed by atoms with Gasteiger partial charge in [0.2, 0.25) is 6.79 Å². The smallest absolute Gasteiger partial charge is 0.323 e. The van der Waals surface area contributed by atoms with Crippen molar-refractivity contribution >= 4 is 28.3 Å². The SMILES string of the molecule is O=C(Nc1ccc2[nH]ncc2c1)Nc1cc2c(cc1CN1CCC(Cc3ccccc3)CC1)OCO2. The lowest BCUT2D eigenvalue weighted by molar-refractivity contribution is 0.172. The van der Waals surface area contributed by atoms with Gasteiger partial charge in [0.25, 0.3) is 0 Å². The Labute approximate surface area is 209 Å². The number of rotatable bonds is 6. The van der Waals surface area contributed by atoms with Crippen LogP contribution in [-0.4, -0.2) is 41.0 Å². The first-order chi connectivity index (χ1) is 17.7. The van der Waals surface area contributed by atoms with Gasteiger partial charge in [0.05, 0.1) is 17.4 Å². The van der Waals surface area contributed by atoms with E-state index >= 15 is 0 Å². The number of nitrogens with zero attached hydrogens (tertiary/aromatic N) is 2. The minimum atomic E-state index is -0.306. The van der Waals surface area contributed by atoms with E-state index in [0.717, 1.165) is 54.0 Å². The largest absolute Gasteiger partial charge is 0.454 e. The van der Waals surface area contributed by atoms with Gasteiger partial charge in [0.1, 0.15) is 0 Å². The summed E-state index contributed by atoms with van der Waals surface area (Å²) in [5.41, 5.74) is 4.78. The van der Waals surface area contributed by atoms with E-state index in [0.29, 0.717) is 17.4 Å². The fourth-order valence-electron chi connectivity index (χ4n) is 5.07. The van der Waals surface area contributed by atoms with Crippen LogP contribution in [0.2, 0.25) is 0 Å². The molecule has 1 saturated heterocycles. The molecule has 0 atom stereocenters. The fraction of sp³-hybridized carbons (Fsp3) is 0.286. The second-order valence-electron chi connectivity index (χ2n) is 9.52. The van der Waals surface area contributed by atoms with Gasteiger partial charge in [-0.3, -0.25) is 10.00 Å². The van der Waals surface area contributed by atoms with Crippen molar-refractivity contribution < 1.29 is 14.3 Å². The van der Waals surface area contributed by atoms with Crippen LogP contribution >= 0.6 is 0 Å². The second-order valence-corrected chi connectivity index (χ2v) is 9.52. The van der Waals surface area contributed by atoms with E-state index in [1.165, 1.54) is 18.4 Å². The maximum absolute atomic E-state index is 12.9. The van der Waals surface area contributed by atoms with Gasteiger partial charge in [-0.25, -0.2) is 4.79 Å². The zero-order valence-electron chi connectivity index (χ0n) is 20.0. The Morgan fingerprint density at radius 2 is 1.81 bits per heavy atom. The van der Waals surface area contributed by atoms with E-state index in [9.17, 15) is 4.79 Å². The third kappa shape index (κ3) is 4.99. The Kier molecular flexibility index (Phi) is 6.17. The van der Waals surface area contributed by atoms with Crippen molar-refractivity contribution in [3.8, 4) is 11.5 Å². The van der Waals surface area contributed by atoms with Crippen LogP contribution in [0.4, 0.5) is 16.2 Å². The quantitative estimate of drug-likeness (QED) is 0.342. The average Bonchev–Trinajstić information content (AvgIpc) is 3.55. The van der Waals surface area contributed by atoms with Crippen LogP contribution in [0.5, 0.6) is 11.5 Å². The van der Waals surface area contributed by atoms with Gasteiger partial charge in [-0.2, -0.15) is 5.10 Å². The molecule has 3 N–H and O–H groups in total. The molecule has 0 radical (unpaired) electrons. The number of benzene rings is 3. The fourth-order valence-corrected chi connectivity index (χ4v) is 5.07. The molecule has 2 amide bonds. The lowest BCUT2D eigenvalue weighted by atomic mass is 9.90. The summed E-state index contributed by atoms with van der Waals surface area (Å²) in [6.45, 7) is 3.00. The molecular formula is C28H29N5O3. The number of piperidine rings is 1. The molecule has 0 spiro atoms. The maximum Gasteiger partial charge on any atom is 0.323 e. The van der Waals surface area contributed by atoms with Crippen LogP contribution in [0, 0.1) is 5.92 Å². The molecule has 184 valence electrons. The second kappa shape index (κ2) is 9.91. The first-order valence-corrected chi connectivity index (χ1v) is 12.4. The topological polar surface area (TPSA) is 91.5 Å². The highest BCUT2D eigenvalue weighted by Gasteiger charge is 2.23. The number of hydrogen-bond donors (Lipinski definition) is 3. The molecule has 1 fully saturated rings. The van der Waals surface area contributed by atoms with Crippen molar-refractivity contribution in [2.24, 2.45) is 5.92 Å². The van der Waals surface area contributed by atoms with Crippen molar-refractivity contribution in [2.75, 3.05) is 30.5 Å². The molecule has 0 bridgehead atoms. The van der Waals surface area contributed by atoms with E-state index in [4.69, 9.17) is 9.47 Å². The van der Waals surface area contributed by atoms with E-state index in [1.54, 1.807) is 6.20 Å². The number of H-pyrrole nitrogens is 1.